The van der Waals surface area contributed by atoms with Crippen molar-refractivity contribution >= 4 is 27.5 Å². The van der Waals surface area contributed by atoms with E-state index < -0.39 is 11.7 Å². The third-order valence-electron chi connectivity index (χ3n) is 2.93. The molecule has 0 fully saturated rings. The molecule has 22 heavy (non-hydrogen) atoms. The number of anilines is 1. The Morgan fingerprint density at radius 2 is 2.09 bits per heavy atom. The van der Waals surface area contributed by atoms with Gasteiger partial charge in [-0.15, -0.1) is 0 Å². The van der Waals surface area contributed by atoms with Gasteiger partial charge in [0.2, 0.25) is 0 Å². The van der Waals surface area contributed by atoms with Crippen molar-refractivity contribution in [3.8, 4) is 5.82 Å². The van der Waals surface area contributed by atoms with Crippen LogP contribution in [0.4, 0.5) is 10.1 Å². The minimum atomic E-state index is -0.480. The van der Waals surface area contributed by atoms with Crippen molar-refractivity contribution in [3.05, 3.63) is 70.8 Å². The van der Waals surface area contributed by atoms with Gasteiger partial charge in [-0.05, 0) is 52.3 Å². The maximum absolute atomic E-state index is 13.3. The molecule has 7 heteroatoms. The summed E-state index contributed by atoms with van der Waals surface area (Å²) in [4.78, 5) is 16.6. The van der Waals surface area contributed by atoms with E-state index in [0.717, 1.165) is 0 Å². The summed E-state index contributed by atoms with van der Waals surface area (Å²) in [5.41, 5.74) is 0.683. The number of carbonyl (C=O) groups excluding carboxylic acids is 1. The lowest BCUT2D eigenvalue weighted by atomic mass is 10.2. The van der Waals surface area contributed by atoms with E-state index in [1.54, 1.807) is 36.8 Å². The Morgan fingerprint density at radius 1 is 1.23 bits per heavy atom. The van der Waals surface area contributed by atoms with Gasteiger partial charge < -0.3 is 5.32 Å². The zero-order valence-electron chi connectivity index (χ0n) is 11.2. The molecule has 110 valence electrons. The van der Waals surface area contributed by atoms with E-state index in [4.69, 9.17) is 0 Å². The number of pyridine rings is 1. The number of carbonyl (C=O) groups is 1. The highest BCUT2D eigenvalue weighted by Crippen LogP contribution is 2.21. The van der Waals surface area contributed by atoms with Gasteiger partial charge >= 0.3 is 0 Å². The molecule has 2 heterocycles. The van der Waals surface area contributed by atoms with Crippen molar-refractivity contribution < 1.29 is 9.18 Å². The van der Waals surface area contributed by atoms with E-state index in [1.807, 2.05) is 0 Å². The van der Waals surface area contributed by atoms with Crippen molar-refractivity contribution in [1.29, 1.82) is 0 Å². The second kappa shape index (κ2) is 6.07. The first kappa shape index (κ1) is 14.4. The fourth-order valence-corrected chi connectivity index (χ4v) is 2.36. The summed E-state index contributed by atoms with van der Waals surface area (Å²) < 4.78 is 15.4. The molecule has 0 saturated carbocycles. The van der Waals surface area contributed by atoms with E-state index in [2.05, 4.69) is 31.3 Å². The highest BCUT2D eigenvalue weighted by Gasteiger charge is 2.14. The SMILES string of the molecule is O=C(Nc1cccnc1-n1cccn1)c1cc(F)ccc1Br. The first-order chi connectivity index (χ1) is 10.6. The highest BCUT2D eigenvalue weighted by molar-refractivity contribution is 9.10. The molecule has 0 spiro atoms. The third kappa shape index (κ3) is 2.89. The molecule has 3 aromatic rings. The van der Waals surface area contributed by atoms with Crippen molar-refractivity contribution in [1.82, 2.24) is 14.8 Å². The summed E-state index contributed by atoms with van der Waals surface area (Å²) in [6.45, 7) is 0. The molecule has 2 aromatic heterocycles. The maximum atomic E-state index is 13.3. The molecule has 3 rings (SSSR count). The van der Waals surface area contributed by atoms with Gasteiger partial charge in [0.05, 0.1) is 11.3 Å². The lowest BCUT2D eigenvalue weighted by Crippen LogP contribution is -2.15. The lowest BCUT2D eigenvalue weighted by molar-refractivity contribution is 0.102. The average Bonchev–Trinajstić information content (AvgIpc) is 3.04. The molecule has 0 saturated heterocycles. The Hall–Kier alpha value is -2.54. The van der Waals surface area contributed by atoms with E-state index in [0.29, 0.717) is 16.0 Å². The Morgan fingerprint density at radius 3 is 2.86 bits per heavy atom. The monoisotopic (exact) mass is 360 g/mol. The summed E-state index contributed by atoms with van der Waals surface area (Å²) in [6.07, 6.45) is 4.93. The van der Waals surface area contributed by atoms with Crippen molar-refractivity contribution in [2.24, 2.45) is 0 Å². The van der Waals surface area contributed by atoms with Crippen molar-refractivity contribution in [2.75, 3.05) is 5.32 Å². The number of rotatable bonds is 3. The van der Waals surface area contributed by atoms with Crippen LogP contribution in [0.5, 0.6) is 0 Å². The van der Waals surface area contributed by atoms with Gasteiger partial charge in [-0.1, -0.05) is 0 Å². The van der Waals surface area contributed by atoms with Gasteiger partial charge in [0.25, 0.3) is 5.91 Å². The van der Waals surface area contributed by atoms with Gasteiger partial charge in [-0.3, -0.25) is 4.79 Å². The zero-order chi connectivity index (χ0) is 15.5. The Balaban J connectivity index is 1.94. The van der Waals surface area contributed by atoms with Gasteiger partial charge in [0, 0.05) is 23.1 Å². The van der Waals surface area contributed by atoms with Crippen LogP contribution in [-0.2, 0) is 0 Å². The molecule has 0 atom stereocenters. The first-order valence-electron chi connectivity index (χ1n) is 6.36. The largest absolute Gasteiger partial charge is 0.319 e. The van der Waals surface area contributed by atoms with Crippen LogP contribution in [0.3, 0.4) is 0 Å². The smallest absolute Gasteiger partial charge is 0.257 e. The summed E-state index contributed by atoms with van der Waals surface area (Å²) in [6, 6.07) is 9.09. The van der Waals surface area contributed by atoms with Crippen molar-refractivity contribution in [3.63, 3.8) is 0 Å². The van der Waals surface area contributed by atoms with Crippen LogP contribution in [0, 0.1) is 5.82 Å². The molecule has 0 aliphatic rings. The fourth-order valence-electron chi connectivity index (χ4n) is 1.93. The molecule has 1 amide bonds. The molecular formula is C15H10BrFN4O. The Labute approximate surface area is 133 Å². The fraction of sp³-hybridized carbons (Fsp3) is 0. The highest BCUT2D eigenvalue weighted by atomic mass is 79.9. The number of halogens is 2. The number of nitrogens with one attached hydrogen (secondary N) is 1. The van der Waals surface area contributed by atoms with Gasteiger partial charge in [-0.25, -0.2) is 14.1 Å². The predicted molar refractivity (Wildman–Crippen MR) is 83.4 cm³/mol. The van der Waals surface area contributed by atoms with Crippen LogP contribution in [0.2, 0.25) is 0 Å². The molecule has 0 bridgehead atoms. The van der Waals surface area contributed by atoms with E-state index in [1.165, 1.54) is 22.9 Å². The summed E-state index contributed by atoms with van der Waals surface area (Å²) in [7, 11) is 0. The minimum absolute atomic E-state index is 0.204. The average molecular weight is 361 g/mol. The van der Waals surface area contributed by atoms with E-state index >= 15 is 0 Å². The van der Waals surface area contributed by atoms with Crippen LogP contribution in [-0.4, -0.2) is 20.7 Å². The maximum Gasteiger partial charge on any atom is 0.257 e. The second-order valence-corrected chi connectivity index (χ2v) is 5.26. The quantitative estimate of drug-likeness (QED) is 0.778. The predicted octanol–water partition coefficient (Wildman–Crippen LogP) is 3.42. The summed E-state index contributed by atoms with van der Waals surface area (Å²) in [5, 5.41) is 6.82. The molecular weight excluding hydrogens is 351 g/mol. The number of benzene rings is 1. The number of amides is 1. The standard InChI is InChI=1S/C15H10BrFN4O/c16-12-5-4-10(17)9-11(12)15(22)20-13-3-1-6-18-14(13)21-8-2-7-19-21/h1-9H,(H,20,22). The van der Waals surface area contributed by atoms with Crippen LogP contribution in [0.25, 0.3) is 5.82 Å². The lowest BCUT2D eigenvalue weighted by Gasteiger charge is -2.10. The number of aromatic nitrogens is 3. The summed E-state index contributed by atoms with van der Waals surface area (Å²) in [5.74, 6) is -0.437. The Bertz CT molecular complexity index is 820. The number of hydrogen-bond donors (Lipinski definition) is 1. The molecule has 5 nitrogen and oxygen atoms in total. The van der Waals surface area contributed by atoms with Crippen LogP contribution < -0.4 is 5.32 Å². The third-order valence-corrected chi connectivity index (χ3v) is 3.62. The normalized spacial score (nSPS) is 10.5. The number of nitrogens with zero attached hydrogens (tertiary/aromatic N) is 3. The molecule has 1 aromatic carbocycles. The van der Waals surface area contributed by atoms with E-state index in [9.17, 15) is 9.18 Å². The second-order valence-electron chi connectivity index (χ2n) is 4.40. The first-order valence-corrected chi connectivity index (χ1v) is 7.16. The van der Waals surface area contributed by atoms with Gasteiger partial charge in [0.15, 0.2) is 5.82 Å². The zero-order valence-corrected chi connectivity index (χ0v) is 12.8. The van der Waals surface area contributed by atoms with Gasteiger partial charge in [0.1, 0.15) is 5.82 Å². The molecule has 1 N–H and O–H groups in total. The minimum Gasteiger partial charge on any atom is -0.319 e. The van der Waals surface area contributed by atoms with Crippen LogP contribution in [0.1, 0.15) is 10.4 Å². The van der Waals surface area contributed by atoms with Gasteiger partial charge in [-0.2, -0.15) is 5.10 Å². The Kier molecular flexibility index (Phi) is 3.97. The molecule has 0 unspecified atom stereocenters. The molecule has 0 radical (unpaired) electrons. The van der Waals surface area contributed by atoms with Crippen LogP contribution >= 0.6 is 15.9 Å². The number of hydrogen-bond acceptors (Lipinski definition) is 3. The summed E-state index contributed by atoms with van der Waals surface area (Å²) >= 11 is 3.24. The molecule has 0 aliphatic carbocycles. The van der Waals surface area contributed by atoms with E-state index in [-0.39, 0.29) is 5.56 Å². The topological polar surface area (TPSA) is 59.8 Å². The van der Waals surface area contributed by atoms with Crippen molar-refractivity contribution in [2.45, 2.75) is 0 Å². The van der Waals surface area contributed by atoms with Crippen LogP contribution in [0.15, 0.2) is 59.5 Å². The molecule has 0 aliphatic heterocycles.